The first-order valence-corrected chi connectivity index (χ1v) is 9.17. The van der Waals surface area contributed by atoms with E-state index in [1.54, 1.807) is 0 Å². The summed E-state index contributed by atoms with van der Waals surface area (Å²) in [4.78, 5) is 0. The van der Waals surface area contributed by atoms with Crippen molar-refractivity contribution in [2.75, 3.05) is 0 Å². The summed E-state index contributed by atoms with van der Waals surface area (Å²) in [6.07, 6.45) is 11.2. The van der Waals surface area contributed by atoms with E-state index in [4.69, 9.17) is 0 Å². The Balaban J connectivity index is 1.81. The Morgan fingerprint density at radius 3 is 2.62 bits per heavy atom. The first-order chi connectivity index (χ1) is 9.77. The minimum atomic E-state index is -0.525. The zero-order valence-electron chi connectivity index (χ0n) is 14.2. The third-order valence-electron chi connectivity index (χ3n) is 9.11. The molecule has 4 saturated carbocycles. The van der Waals surface area contributed by atoms with E-state index in [0.29, 0.717) is 16.2 Å². The van der Waals surface area contributed by atoms with Crippen LogP contribution in [0.4, 0.5) is 0 Å². The van der Waals surface area contributed by atoms with E-state index < -0.39 is 5.60 Å². The second-order valence-electron chi connectivity index (χ2n) is 9.53. The normalized spacial score (nSPS) is 59.5. The van der Waals surface area contributed by atoms with Crippen LogP contribution in [-0.2, 0) is 0 Å². The van der Waals surface area contributed by atoms with Crippen LogP contribution in [0.5, 0.6) is 0 Å². The summed E-state index contributed by atoms with van der Waals surface area (Å²) < 4.78 is 0. The van der Waals surface area contributed by atoms with Crippen molar-refractivity contribution in [2.45, 2.75) is 84.2 Å². The highest BCUT2D eigenvalue weighted by Gasteiger charge is 2.70. The van der Waals surface area contributed by atoms with Crippen molar-refractivity contribution in [3.63, 3.8) is 0 Å². The number of aliphatic hydroxyl groups is 1. The molecule has 0 aromatic carbocycles. The highest BCUT2D eigenvalue weighted by atomic mass is 16.3. The van der Waals surface area contributed by atoms with Crippen molar-refractivity contribution in [3.05, 3.63) is 12.2 Å². The van der Waals surface area contributed by atoms with Gasteiger partial charge in [0.2, 0.25) is 0 Å². The third-order valence-corrected chi connectivity index (χ3v) is 9.11. The molecule has 0 heterocycles. The van der Waals surface area contributed by atoms with Crippen LogP contribution in [0.1, 0.15) is 78.6 Å². The summed E-state index contributed by atoms with van der Waals surface area (Å²) in [5.41, 5.74) is 1.86. The van der Waals surface area contributed by atoms with Crippen molar-refractivity contribution >= 4 is 0 Å². The van der Waals surface area contributed by atoms with Gasteiger partial charge in [-0.3, -0.25) is 0 Å². The predicted octanol–water partition coefficient (Wildman–Crippen LogP) is 5.09. The second-order valence-corrected chi connectivity index (χ2v) is 9.53. The van der Waals surface area contributed by atoms with Crippen molar-refractivity contribution in [1.82, 2.24) is 0 Å². The van der Waals surface area contributed by atoms with Gasteiger partial charge in [-0.2, -0.15) is 0 Å². The van der Waals surface area contributed by atoms with E-state index in [9.17, 15) is 5.11 Å². The van der Waals surface area contributed by atoms with Gasteiger partial charge in [0, 0.05) is 0 Å². The fourth-order valence-corrected chi connectivity index (χ4v) is 7.57. The van der Waals surface area contributed by atoms with Gasteiger partial charge >= 0.3 is 0 Å². The van der Waals surface area contributed by atoms with Crippen LogP contribution < -0.4 is 0 Å². The first-order valence-electron chi connectivity index (χ1n) is 9.17. The first kappa shape index (κ1) is 14.3. The molecule has 0 saturated heterocycles. The fraction of sp³-hybridized carbons (Fsp3) is 0.900. The molecule has 0 aliphatic heterocycles. The molecular weight excluding hydrogens is 256 g/mol. The molecule has 2 unspecified atom stereocenters. The largest absolute Gasteiger partial charge is 0.386 e. The molecular formula is C20H32O. The van der Waals surface area contributed by atoms with E-state index in [0.717, 1.165) is 36.7 Å². The number of rotatable bonds is 0. The Hall–Kier alpha value is -0.300. The molecule has 118 valence electrons. The molecule has 0 aromatic rings. The lowest BCUT2D eigenvalue weighted by Gasteiger charge is -2.68. The minimum Gasteiger partial charge on any atom is -0.386 e. The van der Waals surface area contributed by atoms with E-state index in [1.807, 2.05) is 0 Å². The number of fused-ring (bicyclic) bond motifs is 3. The smallest absolute Gasteiger partial charge is 0.0860 e. The van der Waals surface area contributed by atoms with Gasteiger partial charge in [-0.25, -0.2) is 0 Å². The van der Waals surface area contributed by atoms with Crippen LogP contribution in [0, 0.1) is 28.1 Å². The van der Waals surface area contributed by atoms with Crippen molar-refractivity contribution < 1.29 is 5.11 Å². The van der Waals surface area contributed by atoms with Gasteiger partial charge < -0.3 is 5.11 Å². The lowest BCUT2D eigenvalue weighted by molar-refractivity contribution is -0.202. The number of hydrogen-bond donors (Lipinski definition) is 1. The van der Waals surface area contributed by atoms with Crippen LogP contribution in [-0.4, -0.2) is 10.7 Å². The minimum absolute atomic E-state index is 0.347. The van der Waals surface area contributed by atoms with Gasteiger partial charge in [-0.05, 0) is 78.6 Å². The molecule has 4 aliphatic carbocycles. The Morgan fingerprint density at radius 2 is 1.86 bits per heavy atom. The molecule has 21 heavy (non-hydrogen) atoms. The average molecular weight is 288 g/mol. The predicted molar refractivity (Wildman–Crippen MR) is 86.9 cm³/mol. The van der Waals surface area contributed by atoms with Crippen LogP contribution >= 0.6 is 0 Å². The fourth-order valence-electron chi connectivity index (χ4n) is 7.57. The maximum absolute atomic E-state index is 11.0. The lowest BCUT2D eigenvalue weighted by Crippen LogP contribution is -2.61. The molecule has 4 aliphatic rings. The van der Waals surface area contributed by atoms with E-state index in [2.05, 4.69) is 27.4 Å². The maximum atomic E-state index is 11.0. The van der Waals surface area contributed by atoms with Crippen molar-refractivity contribution in [3.8, 4) is 0 Å². The monoisotopic (exact) mass is 288 g/mol. The SMILES string of the molecule is C=C1CC23CCC4[C@@H](C)CCC[C@@]4(C)[C@]2(C)CC[C@]1(O)C3. The molecule has 1 nitrogen and oxygen atoms in total. The Kier molecular flexibility index (Phi) is 2.70. The standard InChI is InChI=1S/C20H32O/c1-14-6-5-8-17(3)16(14)7-9-19-12-15(2)20(21,13-19)11-10-18(17,19)4/h14,16,21H,2,5-13H2,1,3-4H3/t14-,16?,17+,18-,19?,20-/m0/s1. The molecule has 2 bridgehead atoms. The van der Waals surface area contributed by atoms with Crippen LogP contribution in [0.2, 0.25) is 0 Å². The Morgan fingerprint density at radius 1 is 1.10 bits per heavy atom. The lowest BCUT2D eigenvalue weighted by atomic mass is 9.37. The van der Waals surface area contributed by atoms with Crippen LogP contribution in [0.3, 0.4) is 0 Å². The molecule has 1 N–H and O–H groups in total. The third kappa shape index (κ3) is 1.47. The molecule has 1 heteroatoms. The summed E-state index contributed by atoms with van der Waals surface area (Å²) >= 11 is 0. The summed E-state index contributed by atoms with van der Waals surface area (Å²) in [7, 11) is 0. The average Bonchev–Trinajstić information content (AvgIpc) is 2.63. The van der Waals surface area contributed by atoms with Crippen molar-refractivity contribution in [1.29, 1.82) is 0 Å². The van der Waals surface area contributed by atoms with Crippen LogP contribution in [0.25, 0.3) is 0 Å². The van der Waals surface area contributed by atoms with Gasteiger partial charge in [-0.1, -0.05) is 40.2 Å². The highest BCUT2D eigenvalue weighted by molar-refractivity contribution is 5.31. The number of hydrogen-bond acceptors (Lipinski definition) is 1. The molecule has 0 amide bonds. The second kappa shape index (κ2) is 3.96. The van der Waals surface area contributed by atoms with Gasteiger partial charge in [0.25, 0.3) is 0 Å². The summed E-state index contributed by atoms with van der Waals surface area (Å²) in [6, 6.07) is 0. The van der Waals surface area contributed by atoms with Gasteiger partial charge in [0.05, 0.1) is 5.60 Å². The molecule has 6 atom stereocenters. The molecule has 4 rings (SSSR count). The summed E-state index contributed by atoms with van der Waals surface area (Å²) in [6.45, 7) is 12.0. The molecule has 4 fully saturated rings. The quantitative estimate of drug-likeness (QED) is 0.616. The Labute approximate surface area is 130 Å². The molecule has 0 aromatic heterocycles. The molecule has 1 spiro atoms. The van der Waals surface area contributed by atoms with E-state index in [-0.39, 0.29) is 0 Å². The Bertz CT molecular complexity index is 496. The summed E-state index contributed by atoms with van der Waals surface area (Å²) in [5.74, 6) is 1.80. The van der Waals surface area contributed by atoms with Crippen molar-refractivity contribution in [2.24, 2.45) is 28.1 Å². The highest BCUT2D eigenvalue weighted by Crippen LogP contribution is 2.77. The van der Waals surface area contributed by atoms with Gasteiger partial charge in [0.15, 0.2) is 0 Å². The van der Waals surface area contributed by atoms with E-state index in [1.165, 1.54) is 38.5 Å². The topological polar surface area (TPSA) is 20.2 Å². The van der Waals surface area contributed by atoms with E-state index >= 15 is 0 Å². The zero-order valence-corrected chi connectivity index (χ0v) is 14.2. The maximum Gasteiger partial charge on any atom is 0.0860 e. The van der Waals surface area contributed by atoms with Crippen LogP contribution in [0.15, 0.2) is 12.2 Å². The van der Waals surface area contributed by atoms with Gasteiger partial charge in [-0.15, -0.1) is 0 Å². The summed E-state index contributed by atoms with van der Waals surface area (Å²) in [5, 5.41) is 11.0. The van der Waals surface area contributed by atoms with Gasteiger partial charge in [0.1, 0.15) is 0 Å². The zero-order chi connectivity index (χ0) is 15.1. The molecule has 0 radical (unpaired) electrons.